The Kier molecular flexibility index (Phi) is 4.87. The van der Waals surface area contributed by atoms with Crippen LogP contribution in [0.15, 0.2) is 0 Å². The number of carbonyl (C=O) groups is 1. The molecule has 20 heavy (non-hydrogen) atoms. The highest BCUT2D eigenvalue weighted by Gasteiger charge is 2.36. The predicted octanol–water partition coefficient (Wildman–Crippen LogP) is 0.199. The third kappa shape index (κ3) is 4.07. The Hall–Kier alpha value is -0.860. The quantitative estimate of drug-likeness (QED) is 0.808. The van der Waals surface area contributed by atoms with Crippen LogP contribution in [0, 0.1) is 0 Å². The van der Waals surface area contributed by atoms with Crippen LogP contribution in [0.2, 0.25) is 0 Å². The Morgan fingerprint density at radius 2 is 1.85 bits per heavy atom. The lowest BCUT2D eigenvalue weighted by Crippen LogP contribution is -2.53. The number of amides is 1. The van der Waals surface area contributed by atoms with Gasteiger partial charge in [-0.2, -0.15) is 13.2 Å². The lowest BCUT2D eigenvalue weighted by molar-refractivity contribution is -0.155. The summed E-state index contributed by atoms with van der Waals surface area (Å²) in [5, 5.41) is 0. The topological polar surface area (TPSA) is 58.8 Å². The summed E-state index contributed by atoms with van der Waals surface area (Å²) in [5.41, 5.74) is 5.49. The van der Waals surface area contributed by atoms with Crippen molar-refractivity contribution in [1.29, 1.82) is 0 Å². The van der Waals surface area contributed by atoms with Gasteiger partial charge in [0.1, 0.15) is 6.10 Å². The monoisotopic (exact) mass is 295 g/mol. The van der Waals surface area contributed by atoms with Gasteiger partial charge in [0.25, 0.3) is 5.91 Å². The van der Waals surface area contributed by atoms with Gasteiger partial charge in [-0.05, 0) is 12.8 Å². The summed E-state index contributed by atoms with van der Waals surface area (Å²) in [5.74, 6) is -0.118. The van der Waals surface area contributed by atoms with Gasteiger partial charge in [0.15, 0.2) is 0 Å². The molecule has 2 heterocycles. The van der Waals surface area contributed by atoms with Gasteiger partial charge < -0.3 is 15.4 Å². The van der Waals surface area contributed by atoms with Gasteiger partial charge in [-0.1, -0.05) is 0 Å². The first-order valence-corrected chi connectivity index (χ1v) is 6.82. The van der Waals surface area contributed by atoms with Crippen LogP contribution in [0.3, 0.4) is 0 Å². The molecule has 0 aromatic carbocycles. The second-order valence-corrected chi connectivity index (χ2v) is 5.28. The third-order valence-electron chi connectivity index (χ3n) is 3.73. The summed E-state index contributed by atoms with van der Waals surface area (Å²) >= 11 is 0. The first-order valence-electron chi connectivity index (χ1n) is 6.82. The molecule has 2 aliphatic heterocycles. The zero-order valence-electron chi connectivity index (χ0n) is 11.2. The molecule has 0 radical (unpaired) electrons. The van der Waals surface area contributed by atoms with Crippen LogP contribution in [-0.2, 0) is 9.53 Å². The molecular formula is C12H20F3N3O2. The summed E-state index contributed by atoms with van der Waals surface area (Å²) in [7, 11) is 0. The smallest absolute Gasteiger partial charge is 0.364 e. The highest BCUT2D eigenvalue weighted by atomic mass is 19.4. The molecule has 0 aliphatic carbocycles. The van der Waals surface area contributed by atoms with E-state index in [2.05, 4.69) is 0 Å². The van der Waals surface area contributed by atoms with E-state index in [4.69, 9.17) is 10.5 Å². The zero-order valence-corrected chi connectivity index (χ0v) is 11.2. The van der Waals surface area contributed by atoms with Gasteiger partial charge in [0.05, 0.1) is 12.6 Å². The molecule has 2 atom stereocenters. The van der Waals surface area contributed by atoms with Crippen molar-refractivity contribution < 1.29 is 22.7 Å². The molecule has 0 aromatic heterocycles. The maximum Gasteiger partial charge on any atom is 0.401 e. The molecule has 0 bridgehead atoms. The minimum absolute atomic E-state index is 0.0736. The average molecular weight is 295 g/mol. The minimum Gasteiger partial charge on any atom is -0.364 e. The Morgan fingerprint density at radius 3 is 2.35 bits per heavy atom. The number of alkyl halides is 3. The van der Waals surface area contributed by atoms with Crippen LogP contribution in [0.4, 0.5) is 13.2 Å². The highest BCUT2D eigenvalue weighted by molar-refractivity contribution is 5.81. The molecule has 2 saturated heterocycles. The van der Waals surface area contributed by atoms with Crippen molar-refractivity contribution in [3.63, 3.8) is 0 Å². The van der Waals surface area contributed by atoms with Crippen molar-refractivity contribution in [1.82, 2.24) is 9.80 Å². The fourth-order valence-corrected chi connectivity index (χ4v) is 2.64. The summed E-state index contributed by atoms with van der Waals surface area (Å²) in [4.78, 5) is 15.1. The van der Waals surface area contributed by atoms with Gasteiger partial charge >= 0.3 is 6.18 Å². The Bertz CT molecular complexity index is 343. The number of hydrogen-bond donors (Lipinski definition) is 1. The molecule has 0 unspecified atom stereocenters. The molecule has 116 valence electrons. The van der Waals surface area contributed by atoms with E-state index in [9.17, 15) is 18.0 Å². The second-order valence-electron chi connectivity index (χ2n) is 5.28. The number of nitrogens with two attached hydrogens (primary N) is 1. The van der Waals surface area contributed by atoms with Crippen LogP contribution in [-0.4, -0.2) is 73.4 Å². The molecule has 2 aliphatic rings. The first kappa shape index (κ1) is 15.5. The average Bonchev–Trinajstić information content (AvgIpc) is 2.85. The van der Waals surface area contributed by atoms with Crippen molar-refractivity contribution in [2.24, 2.45) is 5.73 Å². The zero-order chi connectivity index (χ0) is 14.8. The van der Waals surface area contributed by atoms with Gasteiger partial charge in [0, 0.05) is 32.7 Å². The fourth-order valence-electron chi connectivity index (χ4n) is 2.64. The number of nitrogens with zero attached hydrogens (tertiary/aromatic N) is 2. The summed E-state index contributed by atoms with van der Waals surface area (Å²) < 4.78 is 42.3. The summed E-state index contributed by atoms with van der Waals surface area (Å²) in [6, 6.07) is 0. The maximum atomic E-state index is 12.3. The summed E-state index contributed by atoms with van der Waals surface area (Å²) in [6.45, 7) is 0.619. The van der Waals surface area contributed by atoms with Crippen LogP contribution in [0.25, 0.3) is 0 Å². The lowest BCUT2D eigenvalue weighted by Gasteiger charge is -2.36. The number of hydrogen-bond acceptors (Lipinski definition) is 4. The van der Waals surface area contributed by atoms with E-state index in [1.54, 1.807) is 4.90 Å². The number of rotatable bonds is 3. The molecule has 2 rings (SSSR count). The Balaban J connectivity index is 1.77. The molecule has 2 fully saturated rings. The molecular weight excluding hydrogens is 275 g/mol. The molecule has 0 spiro atoms. The first-order chi connectivity index (χ1) is 9.39. The summed E-state index contributed by atoms with van der Waals surface area (Å²) in [6.07, 6.45) is -3.33. The number of halogens is 3. The van der Waals surface area contributed by atoms with E-state index in [0.717, 1.165) is 6.42 Å². The largest absolute Gasteiger partial charge is 0.401 e. The van der Waals surface area contributed by atoms with E-state index >= 15 is 0 Å². The Labute approximate surface area is 115 Å². The predicted molar refractivity (Wildman–Crippen MR) is 66.0 cm³/mol. The van der Waals surface area contributed by atoms with Crippen molar-refractivity contribution in [2.45, 2.75) is 31.2 Å². The molecule has 0 aromatic rings. The van der Waals surface area contributed by atoms with Crippen molar-refractivity contribution in [2.75, 3.05) is 39.3 Å². The van der Waals surface area contributed by atoms with Gasteiger partial charge in [-0.25, -0.2) is 0 Å². The van der Waals surface area contributed by atoms with Gasteiger partial charge in [0.2, 0.25) is 0 Å². The van der Waals surface area contributed by atoms with Crippen LogP contribution < -0.4 is 5.73 Å². The number of piperazine rings is 1. The maximum absolute atomic E-state index is 12.3. The number of carbonyl (C=O) groups excluding carboxylic acids is 1. The van der Waals surface area contributed by atoms with E-state index in [1.165, 1.54) is 4.90 Å². The Morgan fingerprint density at radius 1 is 1.20 bits per heavy atom. The SMILES string of the molecule is NC[C@H]1CC[C@@H](C(=O)N2CCN(CC(F)(F)F)CC2)O1. The third-order valence-corrected chi connectivity index (χ3v) is 3.73. The standard InChI is InChI=1S/C12H20F3N3O2/c13-12(14,15)8-17-3-5-18(6-4-17)11(19)10-2-1-9(7-16)20-10/h9-10H,1-8,16H2/t9-,10+/m1/s1. The van der Waals surface area contributed by atoms with Crippen molar-refractivity contribution >= 4 is 5.91 Å². The van der Waals surface area contributed by atoms with Gasteiger partial charge in [-0.15, -0.1) is 0 Å². The molecule has 2 N–H and O–H groups in total. The second kappa shape index (κ2) is 6.28. The fraction of sp³-hybridized carbons (Fsp3) is 0.917. The highest BCUT2D eigenvalue weighted by Crippen LogP contribution is 2.22. The van der Waals surface area contributed by atoms with E-state index in [1.807, 2.05) is 0 Å². The molecule has 1 amide bonds. The molecule has 5 nitrogen and oxygen atoms in total. The van der Waals surface area contributed by atoms with Crippen molar-refractivity contribution in [3.05, 3.63) is 0 Å². The van der Waals surface area contributed by atoms with Gasteiger partial charge in [-0.3, -0.25) is 9.69 Å². The van der Waals surface area contributed by atoms with Crippen LogP contribution in [0.1, 0.15) is 12.8 Å². The normalized spacial score (nSPS) is 28.9. The van der Waals surface area contributed by atoms with E-state index < -0.39 is 18.8 Å². The molecule has 0 saturated carbocycles. The molecule has 8 heteroatoms. The van der Waals surface area contributed by atoms with Crippen LogP contribution in [0.5, 0.6) is 0 Å². The minimum atomic E-state index is -4.19. The van der Waals surface area contributed by atoms with Crippen LogP contribution >= 0.6 is 0 Å². The van der Waals surface area contributed by atoms with E-state index in [-0.39, 0.29) is 25.1 Å². The lowest BCUT2D eigenvalue weighted by atomic mass is 10.1. The van der Waals surface area contributed by atoms with E-state index in [0.29, 0.717) is 26.1 Å². The number of ether oxygens (including phenoxy) is 1. The van der Waals surface area contributed by atoms with Crippen molar-refractivity contribution in [3.8, 4) is 0 Å².